The SMILES string of the molecule is Cc1cccc(C=NNc2nc(N3CCOCC3)nc3c2ncn3-c2cccc(Cl)c2)c1. The Hall–Kier alpha value is -3.49. The minimum Gasteiger partial charge on any atom is -0.378 e. The van der Waals surface area contributed by atoms with Crippen LogP contribution in [0.5, 0.6) is 0 Å². The van der Waals surface area contributed by atoms with Crippen molar-refractivity contribution < 1.29 is 4.74 Å². The van der Waals surface area contributed by atoms with Crippen LogP contribution in [-0.2, 0) is 4.74 Å². The second-order valence-corrected chi connectivity index (χ2v) is 7.96. The number of hydrogen-bond donors (Lipinski definition) is 1. The van der Waals surface area contributed by atoms with Gasteiger partial charge in [-0.3, -0.25) is 9.99 Å². The Balaban J connectivity index is 1.55. The van der Waals surface area contributed by atoms with Crippen LogP contribution in [0.15, 0.2) is 60.0 Å². The van der Waals surface area contributed by atoms with E-state index >= 15 is 0 Å². The molecule has 0 saturated carbocycles. The predicted molar refractivity (Wildman–Crippen MR) is 127 cm³/mol. The zero-order valence-corrected chi connectivity index (χ0v) is 18.3. The molecule has 0 spiro atoms. The van der Waals surface area contributed by atoms with Crippen molar-refractivity contribution in [1.29, 1.82) is 0 Å². The second kappa shape index (κ2) is 8.94. The van der Waals surface area contributed by atoms with Crippen molar-refractivity contribution in [3.8, 4) is 5.69 Å². The molecular weight excluding hydrogens is 426 g/mol. The van der Waals surface area contributed by atoms with E-state index in [4.69, 9.17) is 26.3 Å². The molecule has 3 heterocycles. The smallest absolute Gasteiger partial charge is 0.229 e. The minimum atomic E-state index is 0.543. The summed E-state index contributed by atoms with van der Waals surface area (Å²) in [7, 11) is 0. The van der Waals surface area contributed by atoms with E-state index in [1.165, 1.54) is 5.56 Å². The molecule has 0 radical (unpaired) electrons. The maximum Gasteiger partial charge on any atom is 0.229 e. The molecule has 1 fully saturated rings. The lowest BCUT2D eigenvalue weighted by molar-refractivity contribution is 0.122. The number of nitrogens with one attached hydrogen (secondary N) is 1. The van der Waals surface area contributed by atoms with Gasteiger partial charge in [0.1, 0.15) is 6.33 Å². The van der Waals surface area contributed by atoms with Gasteiger partial charge in [0.2, 0.25) is 5.95 Å². The van der Waals surface area contributed by atoms with Crippen molar-refractivity contribution >= 4 is 40.7 Å². The number of benzene rings is 2. The van der Waals surface area contributed by atoms with E-state index in [0.717, 1.165) is 24.3 Å². The molecule has 0 aliphatic carbocycles. The topological polar surface area (TPSA) is 80.5 Å². The van der Waals surface area contributed by atoms with Crippen molar-refractivity contribution in [3.63, 3.8) is 0 Å². The summed E-state index contributed by atoms with van der Waals surface area (Å²) in [6, 6.07) is 15.7. The molecule has 2 aromatic heterocycles. The van der Waals surface area contributed by atoms with E-state index in [1.54, 1.807) is 12.5 Å². The molecule has 32 heavy (non-hydrogen) atoms. The number of fused-ring (bicyclic) bond motifs is 1. The number of rotatable bonds is 5. The summed E-state index contributed by atoms with van der Waals surface area (Å²) < 4.78 is 7.39. The Morgan fingerprint density at radius 2 is 1.94 bits per heavy atom. The lowest BCUT2D eigenvalue weighted by Gasteiger charge is -2.27. The predicted octanol–water partition coefficient (Wildman–Crippen LogP) is 4.06. The molecule has 1 aliphatic rings. The van der Waals surface area contributed by atoms with E-state index < -0.39 is 0 Å². The first-order valence-corrected chi connectivity index (χ1v) is 10.7. The maximum absolute atomic E-state index is 6.21. The van der Waals surface area contributed by atoms with Gasteiger partial charge in [-0.1, -0.05) is 47.5 Å². The van der Waals surface area contributed by atoms with Gasteiger partial charge in [0.15, 0.2) is 17.0 Å². The summed E-state index contributed by atoms with van der Waals surface area (Å²) in [6.45, 7) is 4.79. The number of hydrogen-bond acceptors (Lipinski definition) is 7. The molecule has 8 nitrogen and oxygen atoms in total. The third-order valence-electron chi connectivity index (χ3n) is 5.19. The average molecular weight is 448 g/mol. The maximum atomic E-state index is 6.21. The molecule has 0 unspecified atom stereocenters. The Labute approximate surface area is 190 Å². The van der Waals surface area contributed by atoms with Crippen LogP contribution in [-0.4, -0.2) is 52.0 Å². The quantitative estimate of drug-likeness (QED) is 0.367. The molecular formula is C23H22ClN7O. The molecule has 1 saturated heterocycles. The van der Waals surface area contributed by atoms with Gasteiger partial charge in [-0.25, -0.2) is 4.98 Å². The lowest BCUT2D eigenvalue weighted by atomic mass is 10.2. The Bertz CT molecular complexity index is 1280. The highest BCUT2D eigenvalue weighted by Gasteiger charge is 2.19. The van der Waals surface area contributed by atoms with Crippen LogP contribution in [0.25, 0.3) is 16.9 Å². The van der Waals surface area contributed by atoms with Crippen LogP contribution in [0, 0.1) is 6.92 Å². The van der Waals surface area contributed by atoms with Crippen LogP contribution in [0.4, 0.5) is 11.8 Å². The van der Waals surface area contributed by atoms with E-state index in [0.29, 0.717) is 41.2 Å². The first-order chi connectivity index (χ1) is 15.7. The Morgan fingerprint density at radius 1 is 1.09 bits per heavy atom. The number of nitrogens with zero attached hydrogens (tertiary/aromatic N) is 6. The summed E-state index contributed by atoms with van der Waals surface area (Å²) in [4.78, 5) is 16.2. The average Bonchev–Trinajstić information content (AvgIpc) is 3.24. The van der Waals surface area contributed by atoms with Gasteiger partial charge in [0.05, 0.1) is 25.1 Å². The van der Waals surface area contributed by atoms with E-state index in [-0.39, 0.29) is 0 Å². The van der Waals surface area contributed by atoms with Crippen molar-refractivity contribution in [3.05, 3.63) is 71.0 Å². The largest absolute Gasteiger partial charge is 0.378 e. The normalized spacial score (nSPS) is 14.4. The standard InChI is InChI=1S/C23H22ClN7O/c1-16-4-2-5-17(12-16)14-26-29-21-20-22(28-23(27-21)30-8-10-32-11-9-30)31(15-25-20)19-7-3-6-18(24)13-19/h2-7,12-15H,8-11H2,1H3,(H,27,28,29). The lowest BCUT2D eigenvalue weighted by Crippen LogP contribution is -2.37. The molecule has 5 rings (SSSR count). The fraction of sp³-hybridized carbons (Fsp3) is 0.217. The van der Waals surface area contributed by atoms with Gasteiger partial charge in [-0.05, 0) is 30.7 Å². The molecule has 162 valence electrons. The zero-order valence-electron chi connectivity index (χ0n) is 17.6. The Morgan fingerprint density at radius 3 is 2.75 bits per heavy atom. The summed E-state index contributed by atoms with van der Waals surface area (Å²) in [5, 5.41) is 5.05. The fourth-order valence-corrected chi connectivity index (χ4v) is 3.79. The first kappa shape index (κ1) is 20.4. The highest BCUT2D eigenvalue weighted by Crippen LogP contribution is 2.26. The summed E-state index contributed by atoms with van der Waals surface area (Å²) in [6.07, 6.45) is 3.49. The number of aromatic nitrogens is 4. The number of hydrazone groups is 1. The highest BCUT2D eigenvalue weighted by molar-refractivity contribution is 6.30. The van der Waals surface area contributed by atoms with Gasteiger partial charge in [-0.2, -0.15) is 15.1 Å². The van der Waals surface area contributed by atoms with E-state index in [2.05, 4.69) is 39.5 Å². The molecule has 1 aliphatic heterocycles. The Kier molecular flexibility index (Phi) is 5.70. The van der Waals surface area contributed by atoms with Gasteiger partial charge in [0, 0.05) is 18.1 Å². The van der Waals surface area contributed by atoms with Gasteiger partial charge >= 0.3 is 0 Å². The number of morpholine rings is 1. The van der Waals surface area contributed by atoms with Crippen LogP contribution < -0.4 is 10.3 Å². The van der Waals surface area contributed by atoms with Gasteiger partial charge in [0.25, 0.3) is 0 Å². The third kappa shape index (κ3) is 4.28. The molecule has 2 aromatic carbocycles. The van der Waals surface area contributed by atoms with E-state index in [1.807, 2.05) is 41.0 Å². The summed E-state index contributed by atoms with van der Waals surface area (Å²) in [5.74, 6) is 1.15. The number of ether oxygens (including phenoxy) is 1. The number of halogens is 1. The van der Waals surface area contributed by atoms with Crippen molar-refractivity contribution in [2.45, 2.75) is 6.92 Å². The van der Waals surface area contributed by atoms with Crippen molar-refractivity contribution in [2.75, 3.05) is 36.6 Å². The minimum absolute atomic E-state index is 0.543. The van der Waals surface area contributed by atoms with Gasteiger partial charge < -0.3 is 9.64 Å². The monoisotopic (exact) mass is 447 g/mol. The highest BCUT2D eigenvalue weighted by atomic mass is 35.5. The van der Waals surface area contributed by atoms with Crippen molar-refractivity contribution in [2.24, 2.45) is 5.10 Å². The fourth-order valence-electron chi connectivity index (χ4n) is 3.60. The van der Waals surface area contributed by atoms with Crippen LogP contribution >= 0.6 is 11.6 Å². The number of aryl methyl sites for hydroxylation is 1. The summed E-state index contributed by atoms with van der Waals surface area (Å²) in [5.41, 5.74) is 7.43. The second-order valence-electron chi connectivity index (χ2n) is 7.52. The number of anilines is 2. The third-order valence-corrected chi connectivity index (χ3v) is 5.43. The van der Waals surface area contributed by atoms with Gasteiger partial charge in [-0.15, -0.1) is 0 Å². The van der Waals surface area contributed by atoms with Crippen LogP contribution in [0.2, 0.25) is 5.02 Å². The molecule has 0 atom stereocenters. The molecule has 1 N–H and O–H groups in total. The van der Waals surface area contributed by atoms with Crippen LogP contribution in [0.3, 0.4) is 0 Å². The molecule has 0 amide bonds. The summed E-state index contributed by atoms with van der Waals surface area (Å²) >= 11 is 6.21. The van der Waals surface area contributed by atoms with Crippen molar-refractivity contribution in [1.82, 2.24) is 19.5 Å². The first-order valence-electron chi connectivity index (χ1n) is 10.4. The molecule has 4 aromatic rings. The molecule has 9 heteroatoms. The van der Waals surface area contributed by atoms with E-state index in [9.17, 15) is 0 Å². The molecule has 0 bridgehead atoms. The zero-order chi connectivity index (χ0) is 21.9. The number of imidazole rings is 1. The van der Waals surface area contributed by atoms with Crippen LogP contribution in [0.1, 0.15) is 11.1 Å².